The van der Waals surface area contributed by atoms with Gasteiger partial charge in [-0.25, -0.2) is 9.97 Å². The molecule has 0 N–H and O–H groups in total. The summed E-state index contributed by atoms with van der Waals surface area (Å²) in [5.41, 5.74) is 7.93. The molecule has 0 unspecified atom stereocenters. The molecule has 0 spiro atoms. The normalized spacial score (nSPS) is 11.6. The minimum absolute atomic E-state index is 0.558. The average Bonchev–Trinajstić information content (AvgIpc) is 3.76. The van der Waals surface area contributed by atoms with E-state index in [0.717, 1.165) is 71.8 Å². The molecule has 0 saturated heterocycles. The number of para-hydroxylation sites is 2. The Bertz CT molecular complexity index is 2780. The van der Waals surface area contributed by atoms with Gasteiger partial charge in [0.05, 0.1) is 22.1 Å². The zero-order valence-corrected chi connectivity index (χ0v) is 26.8. The molecule has 10 rings (SSSR count). The van der Waals surface area contributed by atoms with Gasteiger partial charge in [0, 0.05) is 38.5 Å². The van der Waals surface area contributed by atoms with Crippen LogP contribution in [0, 0.1) is 0 Å². The number of aromatic nitrogens is 6. The van der Waals surface area contributed by atoms with Gasteiger partial charge in [-0.05, 0) is 29.7 Å². The Morgan fingerprint density at radius 1 is 0.380 bits per heavy atom. The lowest BCUT2D eigenvalue weighted by molar-refractivity contribution is 0.955. The van der Waals surface area contributed by atoms with Crippen LogP contribution in [0.2, 0.25) is 0 Å². The second-order valence-electron chi connectivity index (χ2n) is 12.3. The van der Waals surface area contributed by atoms with E-state index in [0.29, 0.717) is 17.6 Å². The topological polar surface area (TPSA) is 61.4 Å². The first-order valence-corrected chi connectivity index (χ1v) is 16.7. The van der Waals surface area contributed by atoms with Crippen molar-refractivity contribution in [2.24, 2.45) is 0 Å². The fraction of sp³-hybridized carbons (Fsp3) is 0. The maximum absolute atomic E-state index is 5.29. The van der Waals surface area contributed by atoms with Gasteiger partial charge in [0.25, 0.3) is 0 Å². The second kappa shape index (κ2) is 11.4. The van der Waals surface area contributed by atoms with Crippen LogP contribution in [0.25, 0.3) is 89.4 Å². The molecule has 0 radical (unpaired) electrons. The third kappa shape index (κ3) is 4.43. The smallest absolute Gasteiger partial charge is 0.238 e. The van der Waals surface area contributed by atoms with E-state index in [9.17, 15) is 0 Å². The lowest BCUT2D eigenvalue weighted by atomic mass is 10.0. The summed E-state index contributed by atoms with van der Waals surface area (Å²) < 4.78 is 4.52. The van der Waals surface area contributed by atoms with Gasteiger partial charge in [-0.15, -0.1) is 0 Å². The van der Waals surface area contributed by atoms with E-state index in [1.54, 1.807) is 0 Å². The van der Waals surface area contributed by atoms with Crippen LogP contribution in [0.1, 0.15) is 0 Å². The standard InChI is InChI=1S/C44H28N6/c1-5-15-30(16-6-1)41-46-42(31-17-7-2-8-18-31)48-44(47-41)50-37-24-14-13-23-34(37)35-27-25-29-26-28-36-40(38(29)39(35)50)49(33-21-11-4-12-22-33)43(45-36)32-19-9-3-10-20-32/h1-28H. The van der Waals surface area contributed by atoms with Gasteiger partial charge in [-0.3, -0.25) is 9.13 Å². The highest BCUT2D eigenvalue weighted by Gasteiger charge is 2.23. The predicted molar refractivity (Wildman–Crippen MR) is 203 cm³/mol. The number of fused-ring (bicyclic) bond motifs is 7. The van der Waals surface area contributed by atoms with Crippen LogP contribution in [0.5, 0.6) is 0 Å². The van der Waals surface area contributed by atoms with Crippen LogP contribution >= 0.6 is 0 Å². The Morgan fingerprint density at radius 3 is 1.60 bits per heavy atom. The van der Waals surface area contributed by atoms with E-state index >= 15 is 0 Å². The number of hydrogen-bond acceptors (Lipinski definition) is 4. The Morgan fingerprint density at radius 2 is 0.940 bits per heavy atom. The molecule has 50 heavy (non-hydrogen) atoms. The first-order valence-electron chi connectivity index (χ1n) is 16.7. The maximum atomic E-state index is 5.29. The van der Waals surface area contributed by atoms with Crippen LogP contribution in [-0.2, 0) is 0 Å². The molecular formula is C44H28N6. The molecule has 10 aromatic rings. The van der Waals surface area contributed by atoms with Gasteiger partial charge in [0.1, 0.15) is 5.82 Å². The first-order chi connectivity index (χ1) is 24.8. The molecule has 234 valence electrons. The highest BCUT2D eigenvalue weighted by atomic mass is 15.2. The molecular weight excluding hydrogens is 613 g/mol. The molecule has 0 amide bonds. The van der Waals surface area contributed by atoms with Crippen LogP contribution in [0.4, 0.5) is 0 Å². The summed E-state index contributed by atoms with van der Waals surface area (Å²) in [6.45, 7) is 0. The van der Waals surface area contributed by atoms with E-state index in [1.165, 1.54) is 0 Å². The summed E-state index contributed by atoms with van der Waals surface area (Å²) in [6.07, 6.45) is 0. The first kappa shape index (κ1) is 28.1. The van der Waals surface area contributed by atoms with Crippen LogP contribution in [0.15, 0.2) is 170 Å². The van der Waals surface area contributed by atoms with Crippen molar-refractivity contribution in [2.45, 2.75) is 0 Å². The maximum Gasteiger partial charge on any atom is 0.238 e. The van der Waals surface area contributed by atoms with E-state index in [4.69, 9.17) is 19.9 Å². The minimum Gasteiger partial charge on any atom is -0.292 e. The van der Waals surface area contributed by atoms with Crippen molar-refractivity contribution in [1.29, 1.82) is 0 Å². The summed E-state index contributed by atoms with van der Waals surface area (Å²) in [6, 6.07) is 58.4. The molecule has 7 aromatic carbocycles. The lowest BCUT2D eigenvalue weighted by Crippen LogP contribution is -2.07. The zero-order valence-electron chi connectivity index (χ0n) is 26.8. The van der Waals surface area contributed by atoms with Gasteiger partial charge in [-0.2, -0.15) is 9.97 Å². The third-order valence-corrected chi connectivity index (χ3v) is 9.36. The van der Waals surface area contributed by atoms with Gasteiger partial charge in [-0.1, -0.05) is 146 Å². The molecule has 0 fully saturated rings. The molecule has 0 atom stereocenters. The number of hydrogen-bond donors (Lipinski definition) is 0. The van der Waals surface area contributed by atoms with Gasteiger partial charge >= 0.3 is 0 Å². The molecule has 0 bridgehead atoms. The third-order valence-electron chi connectivity index (χ3n) is 9.36. The van der Waals surface area contributed by atoms with Crippen molar-refractivity contribution >= 4 is 43.6 Å². The lowest BCUT2D eigenvalue weighted by Gasteiger charge is -2.14. The van der Waals surface area contributed by atoms with Gasteiger partial charge in [0.15, 0.2) is 11.6 Å². The molecule has 6 nitrogen and oxygen atoms in total. The minimum atomic E-state index is 0.558. The quantitative estimate of drug-likeness (QED) is 0.188. The van der Waals surface area contributed by atoms with E-state index in [1.807, 2.05) is 66.7 Å². The molecule has 0 aliphatic carbocycles. The van der Waals surface area contributed by atoms with Crippen LogP contribution < -0.4 is 0 Å². The SMILES string of the molecule is c1ccc(-c2nc(-c3ccccc3)nc(-n3c4ccccc4c4ccc5ccc6nc(-c7ccccc7)n(-c7ccccc7)c6c5c43)n2)cc1. The fourth-order valence-electron chi connectivity index (χ4n) is 7.14. The van der Waals surface area contributed by atoms with E-state index in [2.05, 4.69) is 112 Å². The van der Waals surface area contributed by atoms with Crippen molar-refractivity contribution < 1.29 is 0 Å². The highest BCUT2D eigenvalue weighted by molar-refractivity contribution is 6.24. The van der Waals surface area contributed by atoms with E-state index < -0.39 is 0 Å². The van der Waals surface area contributed by atoms with E-state index in [-0.39, 0.29) is 0 Å². The molecule has 0 saturated carbocycles. The molecule has 0 aliphatic rings. The average molecular weight is 641 g/mol. The number of rotatable bonds is 5. The molecule has 3 heterocycles. The van der Waals surface area contributed by atoms with Crippen molar-refractivity contribution in [1.82, 2.24) is 29.1 Å². The van der Waals surface area contributed by atoms with Crippen molar-refractivity contribution in [3.8, 4) is 45.8 Å². The van der Waals surface area contributed by atoms with Crippen LogP contribution in [0.3, 0.4) is 0 Å². The van der Waals surface area contributed by atoms with Crippen LogP contribution in [-0.4, -0.2) is 29.1 Å². The second-order valence-corrected chi connectivity index (χ2v) is 12.3. The number of imidazole rings is 1. The molecule has 6 heteroatoms. The Kier molecular flexibility index (Phi) is 6.39. The Hall–Kier alpha value is -6.92. The Labute approximate surface area is 287 Å². The van der Waals surface area contributed by atoms with Crippen molar-refractivity contribution in [3.63, 3.8) is 0 Å². The summed E-state index contributed by atoms with van der Waals surface area (Å²) >= 11 is 0. The zero-order chi connectivity index (χ0) is 33.0. The summed E-state index contributed by atoms with van der Waals surface area (Å²) in [5, 5.41) is 4.42. The largest absolute Gasteiger partial charge is 0.292 e. The van der Waals surface area contributed by atoms with Crippen molar-refractivity contribution in [3.05, 3.63) is 170 Å². The van der Waals surface area contributed by atoms with Gasteiger partial charge < -0.3 is 0 Å². The Balaban J connectivity index is 1.39. The highest BCUT2D eigenvalue weighted by Crippen LogP contribution is 2.41. The summed E-state index contributed by atoms with van der Waals surface area (Å²) in [5.74, 6) is 2.68. The molecule has 3 aromatic heterocycles. The summed E-state index contributed by atoms with van der Waals surface area (Å²) in [7, 11) is 0. The fourth-order valence-corrected chi connectivity index (χ4v) is 7.14. The predicted octanol–water partition coefficient (Wildman–Crippen LogP) is 10.5. The number of benzene rings is 7. The van der Waals surface area contributed by atoms with Gasteiger partial charge in [0.2, 0.25) is 5.95 Å². The summed E-state index contributed by atoms with van der Waals surface area (Å²) in [4.78, 5) is 20.7. The molecule has 0 aliphatic heterocycles. The number of nitrogens with zero attached hydrogens (tertiary/aromatic N) is 6. The van der Waals surface area contributed by atoms with Crippen molar-refractivity contribution in [2.75, 3.05) is 0 Å². The monoisotopic (exact) mass is 640 g/mol.